The topological polar surface area (TPSA) is 38.7 Å². The zero-order valence-electron chi connectivity index (χ0n) is 10.9. The molecule has 1 aromatic rings. The Morgan fingerprint density at radius 2 is 1.85 bits per heavy atom. The molecule has 0 N–H and O–H groups in total. The minimum Gasteiger partial charge on any atom is -0.463 e. The van der Waals surface area contributed by atoms with E-state index in [1.54, 1.807) is 13.8 Å². The van der Waals surface area contributed by atoms with Crippen LogP contribution in [0.2, 0.25) is 5.02 Å². The average molecular weight is 308 g/mol. The van der Waals surface area contributed by atoms with Crippen LogP contribution in [0.3, 0.4) is 0 Å². The van der Waals surface area contributed by atoms with Gasteiger partial charge in [0.05, 0.1) is 18.2 Å². The quantitative estimate of drug-likeness (QED) is 0.614. The van der Waals surface area contributed by atoms with Gasteiger partial charge in [-0.2, -0.15) is 13.2 Å². The molecule has 1 aromatic carbocycles. The number of esters is 1. The molecule has 0 saturated carbocycles. The number of carbonyl (C=O) groups is 1. The van der Waals surface area contributed by atoms with Crippen molar-refractivity contribution in [3.05, 3.63) is 29.3 Å². The average Bonchev–Trinajstić information content (AvgIpc) is 2.28. The molecule has 0 unspecified atom stereocenters. The summed E-state index contributed by atoms with van der Waals surface area (Å²) in [5.41, 5.74) is -1.13. The molecule has 0 radical (unpaired) electrons. The predicted molar refractivity (Wildman–Crippen MR) is 70.4 cm³/mol. The van der Waals surface area contributed by atoms with Crippen molar-refractivity contribution in [1.29, 1.82) is 0 Å². The normalized spacial score (nSPS) is 12.7. The molecular weight excluding hydrogens is 295 g/mol. The summed E-state index contributed by atoms with van der Waals surface area (Å²) in [4.78, 5) is 14.8. The third-order valence-electron chi connectivity index (χ3n) is 2.10. The number of alkyl halides is 3. The smallest absolute Gasteiger partial charge is 0.430 e. The monoisotopic (exact) mass is 307 g/mol. The van der Waals surface area contributed by atoms with Crippen molar-refractivity contribution in [2.24, 2.45) is 4.99 Å². The van der Waals surface area contributed by atoms with Crippen LogP contribution in [0.5, 0.6) is 0 Å². The summed E-state index contributed by atoms with van der Waals surface area (Å²) in [6, 6.07) is 5.51. The number of benzene rings is 1. The van der Waals surface area contributed by atoms with Crippen molar-refractivity contribution in [2.45, 2.75) is 32.5 Å². The molecule has 0 fully saturated rings. The highest BCUT2D eigenvalue weighted by Gasteiger charge is 2.37. The first kappa shape index (κ1) is 16.5. The van der Waals surface area contributed by atoms with E-state index in [1.807, 2.05) is 0 Å². The third-order valence-corrected chi connectivity index (χ3v) is 2.35. The Bertz CT molecular complexity index is 495. The van der Waals surface area contributed by atoms with Gasteiger partial charge in [0.1, 0.15) is 5.71 Å². The van der Waals surface area contributed by atoms with Crippen LogP contribution in [-0.2, 0) is 9.53 Å². The lowest BCUT2D eigenvalue weighted by Crippen LogP contribution is -2.27. The van der Waals surface area contributed by atoms with E-state index < -0.39 is 30.4 Å². The number of halogens is 4. The van der Waals surface area contributed by atoms with Gasteiger partial charge < -0.3 is 4.74 Å². The summed E-state index contributed by atoms with van der Waals surface area (Å²) in [5.74, 6) is -0.968. The number of hydrogen-bond donors (Lipinski definition) is 0. The van der Waals surface area contributed by atoms with Gasteiger partial charge in [0.15, 0.2) is 0 Å². The molecule has 0 atom stereocenters. The van der Waals surface area contributed by atoms with Gasteiger partial charge in [-0.3, -0.25) is 4.79 Å². The Kier molecular flexibility index (Phi) is 5.56. The molecule has 0 amide bonds. The maximum Gasteiger partial charge on any atom is 0.430 e. The molecule has 20 heavy (non-hydrogen) atoms. The highest BCUT2D eigenvalue weighted by Crippen LogP contribution is 2.24. The second kappa shape index (κ2) is 6.74. The van der Waals surface area contributed by atoms with Crippen molar-refractivity contribution in [3.63, 3.8) is 0 Å². The van der Waals surface area contributed by atoms with Gasteiger partial charge in [-0.25, -0.2) is 4.99 Å². The highest BCUT2D eigenvalue weighted by atomic mass is 35.5. The molecule has 7 heteroatoms. The lowest BCUT2D eigenvalue weighted by molar-refractivity contribution is -0.146. The minimum atomic E-state index is -4.70. The van der Waals surface area contributed by atoms with Crippen LogP contribution in [0.1, 0.15) is 20.3 Å². The molecule has 3 nitrogen and oxygen atoms in total. The van der Waals surface area contributed by atoms with Gasteiger partial charge in [0.25, 0.3) is 0 Å². The molecule has 0 aliphatic carbocycles. The number of ether oxygens (including phenoxy) is 1. The lowest BCUT2D eigenvalue weighted by Gasteiger charge is -2.12. The van der Waals surface area contributed by atoms with Crippen molar-refractivity contribution < 1.29 is 22.7 Å². The minimum absolute atomic E-state index is 0.0686. The molecule has 0 heterocycles. The molecule has 1 rings (SSSR count). The zero-order valence-corrected chi connectivity index (χ0v) is 11.6. The Morgan fingerprint density at radius 1 is 1.30 bits per heavy atom. The van der Waals surface area contributed by atoms with Crippen LogP contribution in [-0.4, -0.2) is 24.0 Å². The molecule has 0 aromatic heterocycles. The maximum atomic E-state index is 12.8. The highest BCUT2D eigenvalue weighted by molar-refractivity contribution is 6.30. The second-order valence-electron chi connectivity index (χ2n) is 4.25. The summed E-state index contributed by atoms with van der Waals surface area (Å²) in [5, 5.41) is 0.386. The lowest BCUT2D eigenvalue weighted by atomic mass is 10.2. The number of aliphatic imine (C=N–C) groups is 1. The van der Waals surface area contributed by atoms with Crippen LogP contribution in [0.4, 0.5) is 18.9 Å². The first-order chi connectivity index (χ1) is 9.18. The molecule has 0 bridgehead atoms. The SMILES string of the molecule is CC(C)OC(=O)CC(=Nc1ccc(Cl)cc1)C(F)(F)F. The summed E-state index contributed by atoms with van der Waals surface area (Å²) in [6.07, 6.45) is -6.10. The molecule has 0 saturated heterocycles. The zero-order chi connectivity index (χ0) is 15.3. The second-order valence-corrected chi connectivity index (χ2v) is 4.68. The number of carbonyl (C=O) groups excluding carboxylic acids is 1. The Hall–Kier alpha value is -1.56. The summed E-state index contributed by atoms with van der Waals surface area (Å²) < 4.78 is 43.1. The van der Waals surface area contributed by atoms with E-state index in [0.717, 1.165) is 0 Å². The van der Waals surface area contributed by atoms with Crippen LogP contribution < -0.4 is 0 Å². The fourth-order valence-corrected chi connectivity index (χ4v) is 1.44. The number of rotatable bonds is 4. The molecule has 0 aliphatic heterocycles. The molecule has 0 aliphatic rings. The largest absolute Gasteiger partial charge is 0.463 e. The maximum absolute atomic E-state index is 12.8. The van der Waals surface area contributed by atoms with Gasteiger partial charge >= 0.3 is 12.1 Å². The molecule has 0 spiro atoms. The van der Waals surface area contributed by atoms with Gasteiger partial charge in [-0.15, -0.1) is 0 Å². The molecule has 110 valence electrons. The van der Waals surface area contributed by atoms with E-state index in [9.17, 15) is 18.0 Å². The van der Waals surface area contributed by atoms with Crippen LogP contribution >= 0.6 is 11.6 Å². The summed E-state index contributed by atoms with van der Waals surface area (Å²) >= 11 is 5.63. The van der Waals surface area contributed by atoms with E-state index in [1.165, 1.54) is 24.3 Å². The van der Waals surface area contributed by atoms with E-state index in [2.05, 4.69) is 4.99 Å². The standard InChI is InChI=1S/C13H13ClF3NO2/c1-8(2)20-12(19)7-11(13(15,16)17)18-10-5-3-9(14)4-6-10/h3-6,8H,7H2,1-2H3. The summed E-state index contributed by atoms with van der Waals surface area (Å²) in [6.45, 7) is 3.11. The van der Waals surface area contributed by atoms with Gasteiger partial charge in [0.2, 0.25) is 0 Å². The first-order valence-electron chi connectivity index (χ1n) is 5.78. The fourth-order valence-electron chi connectivity index (χ4n) is 1.32. The Balaban J connectivity index is 2.95. The Labute approximate surface area is 119 Å². The third kappa shape index (κ3) is 5.61. The van der Waals surface area contributed by atoms with Gasteiger partial charge in [-0.1, -0.05) is 11.6 Å². The van der Waals surface area contributed by atoms with E-state index >= 15 is 0 Å². The fraction of sp³-hybridized carbons (Fsp3) is 0.385. The van der Waals surface area contributed by atoms with Crippen molar-refractivity contribution >= 4 is 29.0 Å². The van der Waals surface area contributed by atoms with Gasteiger partial charge in [-0.05, 0) is 38.1 Å². The number of hydrogen-bond acceptors (Lipinski definition) is 3. The summed E-state index contributed by atoms with van der Waals surface area (Å²) in [7, 11) is 0. The van der Waals surface area contributed by atoms with Crippen LogP contribution in [0.15, 0.2) is 29.3 Å². The van der Waals surface area contributed by atoms with E-state index in [4.69, 9.17) is 16.3 Å². The van der Waals surface area contributed by atoms with E-state index in [0.29, 0.717) is 5.02 Å². The van der Waals surface area contributed by atoms with Crippen molar-refractivity contribution in [1.82, 2.24) is 0 Å². The van der Waals surface area contributed by atoms with Crippen molar-refractivity contribution in [2.75, 3.05) is 0 Å². The Morgan fingerprint density at radius 3 is 2.30 bits per heavy atom. The van der Waals surface area contributed by atoms with Crippen molar-refractivity contribution in [3.8, 4) is 0 Å². The van der Waals surface area contributed by atoms with Crippen LogP contribution in [0.25, 0.3) is 0 Å². The predicted octanol–water partition coefficient (Wildman–Crippen LogP) is 4.32. The van der Waals surface area contributed by atoms with Gasteiger partial charge in [0, 0.05) is 5.02 Å². The van der Waals surface area contributed by atoms with Crippen LogP contribution in [0, 0.1) is 0 Å². The number of nitrogens with zero attached hydrogens (tertiary/aromatic N) is 1. The first-order valence-corrected chi connectivity index (χ1v) is 6.16. The molecular formula is C13H13ClF3NO2. The van der Waals surface area contributed by atoms with E-state index in [-0.39, 0.29) is 5.69 Å².